The van der Waals surface area contributed by atoms with Crippen LogP contribution in [0.4, 0.5) is 11.5 Å². The molecule has 0 aliphatic carbocycles. The van der Waals surface area contributed by atoms with Gasteiger partial charge in [0.2, 0.25) is 5.88 Å². The van der Waals surface area contributed by atoms with Crippen LogP contribution in [-0.4, -0.2) is 16.1 Å². The van der Waals surface area contributed by atoms with E-state index in [-0.39, 0.29) is 6.10 Å². The third-order valence-electron chi connectivity index (χ3n) is 2.43. The molecule has 3 N–H and O–H groups in total. The fourth-order valence-electron chi connectivity index (χ4n) is 1.56. The van der Waals surface area contributed by atoms with Crippen LogP contribution < -0.4 is 15.8 Å². The highest BCUT2D eigenvalue weighted by molar-refractivity contribution is 5.53. The molecular formula is C14H18N4O. The van der Waals surface area contributed by atoms with Crippen molar-refractivity contribution in [3.63, 3.8) is 0 Å². The Balaban J connectivity index is 2.04. The Bertz CT molecular complexity index is 528. The fraction of sp³-hybridized carbons (Fsp3) is 0.286. The SMILES string of the molecule is CC(C)Oc1nc(NCc2cccnc2)ccc1N. The Morgan fingerprint density at radius 2 is 2.16 bits per heavy atom. The average molecular weight is 258 g/mol. The van der Waals surface area contributed by atoms with E-state index in [9.17, 15) is 0 Å². The minimum atomic E-state index is 0.0448. The number of ether oxygens (including phenoxy) is 1. The largest absolute Gasteiger partial charge is 0.473 e. The van der Waals surface area contributed by atoms with Crippen molar-refractivity contribution in [3.8, 4) is 5.88 Å². The highest BCUT2D eigenvalue weighted by Gasteiger charge is 2.06. The molecule has 0 aliphatic rings. The summed E-state index contributed by atoms with van der Waals surface area (Å²) >= 11 is 0. The summed E-state index contributed by atoms with van der Waals surface area (Å²) in [5.74, 6) is 1.19. The second-order valence-corrected chi connectivity index (χ2v) is 4.47. The van der Waals surface area contributed by atoms with Crippen molar-refractivity contribution in [3.05, 3.63) is 42.2 Å². The molecule has 5 nitrogen and oxygen atoms in total. The molecule has 0 saturated carbocycles. The molecule has 2 aromatic rings. The summed E-state index contributed by atoms with van der Waals surface area (Å²) in [5.41, 5.74) is 7.45. The van der Waals surface area contributed by atoms with Crippen LogP contribution in [0.15, 0.2) is 36.7 Å². The van der Waals surface area contributed by atoms with Gasteiger partial charge in [-0.1, -0.05) is 6.07 Å². The number of aromatic nitrogens is 2. The highest BCUT2D eigenvalue weighted by atomic mass is 16.5. The van der Waals surface area contributed by atoms with Gasteiger partial charge < -0.3 is 15.8 Å². The summed E-state index contributed by atoms with van der Waals surface area (Å²) < 4.78 is 5.55. The number of hydrogen-bond donors (Lipinski definition) is 2. The Morgan fingerprint density at radius 1 is 1.32 bits per heavy atom. The molecule has 100 valence electrons. The van der Waals surface area contributed by atoms with Crippen molar-refractivity contribution in [1.29, 1.82) is 0 Å². The van der Waals surface area contributed by atoms with Gasteiger partial charge in [-0.2, -0.15) is 4.98 Å². The summed E-state index contributed by atoms with van der Waals surface area (Å²) in [4.78, 5) is 8.41. The van der Waals surface area contributed by atoms with Crippen molar-refractivity contribution in [2.45, 2.75) is 26.5 Å². The molecule has 0 amide bonds. The molecule has 0 spiro atoms. The van der Waals surface area contributed by atoms with Crippen molar-refractivity contribution >= 4 is 11.5 Å². The summed E-state index contributed by atoms with van der Waals surface area (Å²) in [6.45, 7) is 4.54. The zero-order valence-corrected chi connectivity index (χ0v) is 11.1. The van der Waals surface area contributed by atoms with Gasteiger partial charge in [0, 0.05) is 18.9 Å². The van der Waals surface area contributed by atoms with Gasteiger partial charge in [-0.3, -0.25) is 4.98 Å². The van der Waals surface area contributed by atoms with Gasteiger partial charge in [-0.05, 0) is 37.6 Å². The second kappa shape index (κ2) is 6.04. The van der Waals surface area contributed by atoms with Crippen molar-refractivity contribution in [1.82, 2.24) is 9.97 Å². The first-order valence-corrected chi connectivity index (χ1v) is 6.21. The van der Waals surface area contributed by atoms with E-state index >= 15 is 0 Å². The molecule has 0 aromatic carbocycles. The smallest absolute Gasteiger partial charge is 0.239 e. The van der Waals surface area contributed by atoms with Gasteiger partial charge in [0.05, 0.1) is 11.8 Å². The predicted molar refractivity (Wildman–Crippen MR) is 76.0 cm³/mol. The molecule has 0 radical (unpaired) electrons. The van der Waals surface area contributed by atoms with E-state index in [4.69, 9.17) is 10.5 Å². The standard InChI is InChI=1S/C14H18N4O/c1-10(2)19-14-12(15)5-6-13(18-14)17-9-11-4-3-7-16-8-11/h3-8,10H,9,15H2,1-2H3,(H,17,18). The third-order valence-corrected chi connectivity index (χ3v) is 2.43. The molecule has 0 bridgehead atoms. The van der Waals surface area contributed by atoms with E-state index in [1.165, 1.54) is 0 Å². The molecule has 19 heavy (non-hydrogen) atoms. The normalized spacial score (nSPS) is 10.5. The van der Waals surface area contributed by atoms with Crippen LogP contribution in [0.1, 0.15) is 19.4 Å². The van der Waals surface area contributed by atoms with E-state index in [1.807, 2.05) is 38.2 Å². The van der Waals surface area contributed by atoms with Crippen LogP contribution in [0.2, 0.25) is 0 Å². The monoisotopic (exact) mass is 258 g/mol. The van der Waals surface area contributed by atoms with Gasteiger partial charge in [0.1, 0.15) is 5.82 Å². The van der Waals surface area contributed by atoms with Crippen molar-refractivity contribution in [2.75, 3.05) is 11.1 Å². The summed E-state index contributed by atoms with van der Waals surface area (Å²) in [6, 6.07) is 7.53. The third kappa shape index (κ3) is 3.84. The maximum Gasteiger partial charge on any atom is 0.239 e. The number of hydrogen-bond acceptors (Lipinski definition) is 5. The summed E-state index contributed by atoms with van der Waals surface area (Å²) in [5, 5.41) is 3.22. The number of rotatable bonds is 5. The van der Waals surface area contributed by atoms with Crippen LogP contribution in [0.5, 0.6) is 5.88 Å². The number of anilines is 2. The molecule has 0 aliphatic heterocycles. The molecule has 0 saturated heterocycles. The molecule has 2 aromatic heterocycles. The van der Waals surface area contributed by atoms with E-state index in [0.29, 0.717) is 18.1 Å². The zero-order valence-electron chi connectivity index (χ0n) is 11.1. The molecule has 0 atom stereocenters. The Labute approximate surface area is 112 Å². The van der Waals surface area contributed by atoms with Gasteiger partial charge in [0.15, 0.2) is 0 Å². The lowest BCUT2D eigenvalue weighted by molar-refractivity contribution is 0.234. The molecule has 0 unspecified atom stereocenters. The molecule has 0 fully saturated rings. The van der Waals surface area contributed by atoms with E-state index in [1.54, 1.807) is 12.3 Å². The number of nitrogens with two attached hydrogens (primary N) is 1. The Hall–Kier alpha value is -2.30. The van der Waals surface area contributed by atoms with Crippen LogP contribution >= 0.6 is 0 Å². The maximum atomic E-state index is 5.82. The topological polar surface area (TPSA) is 73.1 Å². The van der Waals surface area contributed by atoms with Gasteiger partial charge in [0.25, 0.3) is 0 Å². The lowest BCUT2D eigenvalue weighted by Crippen LogP contribution is -2.10. The molecular weight excluding hydrogens is 240 g/mol. The predicted octanol–water partition coefficient (Wildman–Crippen LogP) is 2.46. The first kappa shape index (κ1) is 13.1. The van der Waals surface area contributed by atoms with Crippen molar-refractivity contribution < 1.29 is 4.74 Å². The van der Waals surface area contributed by atoms with Crippen LogP contribution in [0.3, 0.4) is 0 Å². The van der Waals surface area contributed by atoms with Gasteiger partial charge >= 0.3 is 0 Å². The lowest BCUT2D eigenvalue weighted by Gasteiger charge is -2.13. The zero-order chi connectivity index (χ0) is 13.7. The van der Waals surface area contributed by atoms with Crippen molar-refractivity contribution in [2.24, 2.45) is 0 Å². The summed E-state index contributed by atoms with van der Waals surface area (Å²) in [7, 11) is 0. The second-order valence-electron chi connectivity index (χ2n) is 4.47. The minimum Gasteiger partial charge on any atom is -0.473 e. The molecule has 5 heteroatoms. The fourth-order valence-corrected chi connectivity index (χ4v) is 1.56. The maximum absolute atomic E-state index is 5.82. The lowest BCUT2D eigenvalue weighted by atomic mass is 10.3. The van der Waals surface area contributed by atoms with Crippen LogP contribution in [0.25, 0.3) is 0 Å². The van der Waals surface area contributed by atoms with E-state index < -0.39 is 0 Å². The minimum absolute atomic E-state index is 0.0448. The first-order valence-electron chi connectivity index (χ1n) is 6.21. The first-order chi connectivity index (χ1) is 9.15. The quantitative estimate of drug-likeness (QED) is 0.861. The molecule has 2 rings (SSSR count). The van der Waals surface area contributed by atoms with E-state index in [0.717, 1.165) is 11.4 Å². The van der Waals surface area contributed by atoms with Crippen LogP contribution in [0, 0.1) is 0 Å². The van der Waals surface area contributed by atoms with Crippen LogP contribution in [-0.2, 0) is 6.54 Å². The number of nitrogens with one attached hydrogen (secondary N) is 1. The number of nitrogens with zero attached hydrogens (tertiary/aromatic N) is 2. The molecule has 2 heterocycles. The number of pyridine rings is 2. The highest BCUT2D eigenvalue weighted by Crippen LogP contribution is 2.22. The average Bonchev–Trinajstić information content (AvgIpc) is 2.40. The number of nitrogen functional groups attached to an aromatic ring is 1. The van der Waals surface area contributed by atoms with Gasteiger partial charge in [-0.15, -0.1) is 0 Å². The Kier molecular flexibility index (Phi) is 4.18. The summed E-state index contributed by atoms with van der Waals surface area (Å²) in [6.07, 6.45) is 3.61. The van der Waals surface area contributed by atoms with Gasteiger partial charge in [-0.25, -0.2) is 0 Å². The van der Waals surface area contributed by atoms with E-state index in [2.05, 4.69) is 15.3 Å². The Morgan fingerprint density at radius 3 is 2.84 bits per heavy atom.